The van der Waals surface area contributed by atoms with Gasteiger partial charge >= 0.3 is 10.1 Å². The second-order valence-corrected chi connectivity index (χ2v) is 6.30. The van der Waals surface area contributed by atoms with E-state index in [-0.39, 0.29) is 5.75 Å². The Hall–Kier alpha value is -2.34. The van der Waals surface area contributed by atoms with Crippen molar-refractivity contribution in [1.82, 2.24) is 0 Å². The normalized spacial score (nSPS) is 11.0. The molecule has 0 bridgehead atoms. The molecule has 0 spiro atoms. The molecule has 0 N–H and O–H groups in total. The maximum Gasteiger partial charge on any atom is 0.306 e. The molecule has 0 saturated carbocycles. The summed E-state index contributed by atoms with van der Waals surface area (Å²) in [5, 5.41) is 0. The van der Waals surface area contributed by atoms with Crippen molar-refractivity contribution in [2.24, 2.45) is 0 Å². The van der Waals surface area contributed by atoms with E-state index in [0.29, 0.717) is 24.3 Å². The fourth-order valence-electron chi connectivity index (χ4n) is 1.86. The molecule has 2 aromatic rings. The highest BCUT2D eigenvalue weighted by Crippen LogP contribution is 2.16. The van der Waals surface area contributed by atoms with Crippen molar-refractivity contribution in [2.75, 3.05) is 12.9 Å². The van der Waals surface area contributed by atoms with E-state index in [1.54, 1.807) is 42.5 Å². The molecule has 0 unspecified atom stereocenters. The van der Waals surface area contributed by atoms with Gasteiger partial charge in [0.25, 0.3) is 0 Å². The maximum absolute atomic E-state index is 11.1. The Balaban J connectivity index is 1.91. The Bertz CT molecular complexity index is 735. The van der Waals surface area contributed by atoms with Gasteiger partial charge in [0.1, 0.15) is 17.8 Å². The first-order chi connectivity index (χ1) is 10.5. The van der Waals surface area contributed by atoms with Crippen LogP contribution in [-0.4, -0.2) is 27.6 Å². The molecule has 0 atom stereocenters. The molecule has 0 heterocycles. The molecular weight excluding hydrogens is 304 g/mol. The minimum Gasteiger partial charge on any atom is -0.493 e. The quantitative estimate of drug-likeness (QED) is 0.579. The largest absolute Gasteiger partial charge is 0.493 e. The lowest BCUT2D eigenvalue weighted by Crippen LogP contribution is -2.06. The van der Waals surface area contributed by atoms with E-state index < -0.39 is 10.1 Å². The van der Waals surface area contributed by atoms with Crippen molar-refractivity contribution in [3.05, 3.63) is 59.7 Å². The number of hydrogen-bond donors (Lipinski definition) is 0. The summed E-state index contributed by atoms with van der Waals surface area (Å²) in [6.07, 6.45) is 2.39. The van der Waals surface area contributed by atoms with Crippen LogP contribution in [0.5, 0.6) is 11.5 Å². The van der Waals surface area contributed by atoms with Crippen LogP contribution in [0.2, 0.25) is 0 Å². The molecule has 0 aliphatic carbocycles. The number of carbonyl (C=O) groups excluding carboxylic acids is 1. The molecule has 116 valence electrons. The van der Waals surface area contributed by atoms with E-state index in [0.717, 1.165) is 18.1 Å². The summed E-state index contributed by atoms with van der Waals surface area (Å²) < 4.78 is 32.6. The van der Waals surface area contributed by atoms with Crippen LogP contribution in [0.3, 0.4) is 0 Å². The number of benzene rings is 2. The molecule has 0 saturated heterocycles. The van der Waals surface area contributed by atoms with Gasteiger partial charge in [-0.25, -0.2) is 0 Å². The highest BCUT2D eigenvalue weighted by Gasteiger charge is 2.05. The van der Waals surface area contributed by atoms with Crippen LogP contribution in [0.1, 0.15) is 15.9 Å². The Morgan fingerprint density at radius 3 is 2.41 bits per heavy atom. The molecule has 2 aromatic carbocycles. The lowest BCUT2D eigenvalue weighted by atomic mass is 10.1. The van der Waals surface area contributed by atoms with Gasteiger partial charge in [-0.1, -0.05) is 12.1 Å². The third-order valence-corrected chi connectivity index (χ3v) is 3.32. The minimum absolute atomic E-state index is 0.287. The van der Waals surface area contributed by atoms with Crippen LogP contribution in [-0.2, 0) is 16.5 Å². The minimum atomic E-state index is -3.52. The molecule has 0 radical (unpaired) electrons. The van der Waals surface area contributed by atoms with Gasteiger partial charge in [-0.15, -0.1) is 0 Å². The number of carbonyl (C=O) groups is 1. The predicted molar refractivity (Wildman–Crippen MR) is 82.9 cm³/mol. The van der Waals surface area contributed by atoms with Crippen LogP contribution in [0.4, 0.5) is 0 Å². The van der Waals surface area contributed by atoms with E-state index >= 15 is 0 Å². The Labute approximate surface area is 129 Å². The van der Waals surface area contributed by atoms with E-state index in [1.165, 1.54) is 0 Å². The van der Waals surface area contributed by atoms with E-state index in [4.69, 9.17) is 8.92 Å². The van der Waals surface area contributed by atoms with Gasteiger partial charge in [-0.05, 0) is 42.0 Å². The second kappa shape index (κ2) is 7.09. The topological polar surface area (TPSA) is 69.7 Å². The highest BCUT2D eigenvalue weighted by molar-refractivity contribution is 7.86. The van der Waals surface area contributed by atoms with Gasteiger partial charge in [-0.2, -0.15) is 8.42 Å². The lowest BCUT2D eigenvalue weighted by Gasteiger charge is -2.08. The molecule has 5 nitrogen and oxygen atoms in total. The van der Waals surface area contributed by atoms with Gasteiger partial charge in [-0.3, -0.25) is 4.79 Å². The lowest BCUT2D eigenvalue weighted by molar-refractivity contribution is 0.112. The summed E-state index contributed by atoms with van der Waals surface area (Å²) in [5.74, 6) is 0.962. The average molecular weight is 320 g/mol. The van der Waals surface area contributed by atoms with Crippen molar-refractivity contribution in [2.45, 2.75) is 6.42 Å². The molecule has 2 rings (SSSR count). The van der Waals surface area contributed by atoms with Crippen molar-refractivity contribution in [3.8, 4) is 11.5 Å². The Morgan fingerprint density at radius 1 is 1.05 bits per heavy atom. The highest BCUT2D eigenvalue weighted by atomic mass is 32.2. The van der Waals surface area contributed by atoms with Crippen LogP contribution in [0, 0.1) is 0 Å². The number of hydrogen-bond acceptors (Lipinski definition) is 5. The van der Waals surface area contributed by atoms with Crippen LogP contribution >= 0.6 is 0 Å². The Kier molecular flexibility index (Phi) is 5.16. The molecule has 0 fully saturated rings. The molecule has 0 aromatic heterocycles. The summed E-state index contributed by atoms with van der Waals surface area (Å²) in [5.41, 5.74) is 1.50. The molecule has 0 aliphatic heterocycles. The van der Waals surface area contributed by atoms with Crippen molar-refractivity contribution >= 4 is 16.4 Å². The first-order valence-corrected chi connectivity index (χ1v) is 8.44. The summed E-state index contributed by atoms with van der Waals surface area (Å²) >= 11 is 0. The Morgan fingerprint density at radius 2 is 1.77 bits per heavy atom. The first kappa shape index (κ1) is 16.0. The van der Waals surface area contributed by atoms with Gasteiger partial charge in [0, 0.05) is 12.0 Å². The molecule has 0 aliphatic rings. The number of rotatable bonds is 7. The smallest absolute Gasteiger partial charge is 0.306 e. The van der Waals surface area contributed by atoms with E-state index in [1.807, 2.05) is 6.07 Å². The summed E-state index contributed by atoms with van der Waals surface area (Å²) in [7, 11) is -3.52. The third kappa shape index (κ3) is 5.21. The zero-order valence-corrected chi connectivity index (χ0v) is 12.9. The second-order valence-electron chi connectivity index (χ2n) is 4.72. The SMILES string of the molecule is CS(=O)(=O)Oc1cccc(CCOc2ccc(C=O)cc2)c1. The number of ether oxygens (including phenoxy) is 1. The standard InChI is InChI=1S/C16H16O5S/c1-22(18,19)21-16-4-2-3-13(11-16)9-10-20-15-7-5-14(12-17)6-8-15/h2-8,11-12H,9-10H2,1H3. The van der Waals surface area contributed by atoms with Crippen LogP contribution in [0.15, 0.2) is 48.5 Å². The fraction of sp³-hybridized carbons (Fsp3) is 0.188. The zero-order valence-electron chi connectivity index (χ0n) is 12.1. The summed E-state index contributed by atoms with van der Waals surface area (Å²) in [6.45, 7) is 0.433. The van der Waals surface area contributed by atoms with Crippen molar-refractivity contribution in [1.29, 1.82) is 0 Å². The van der Waals surface area contributed by atoms with Gasteiger partial charge in [0.05, 0.1) is 12.9 Å². The monoisotopic (exact) mass is 320 g/mol. The van der Waals surface area contributed by atoms with Crippen LogP contribution in [0.25, 0.3) is 0 Å². The summed E-state index contributed by atoms with van der Waals surface area (Å²) in [6, 6.07) is 13.7. The number of aldehydes is 1. The zero-order chi connectivity index (χ0) is 16.0. The third-order valence-electron chi connectivity index (χ3n) is 2.82. The van der Waals surface area contributed by atoms with Crippen LogP contribution < -0.4 is 8.92 Å². The molecule has 0 amide bonds. The molecule has 22 heavy (non-hydrogen) atoms. The molecular formula is C16H16O5S. The van der Waals surface area contributed by atoms with Gasteiger partial charge < -0.3 is 8.92 Å². The van der Waals surface area contributed by atoms with Crippen molar-refractivity contribution in [3.63, 3.8) is 0 Å². The van der Waals surface area contributed by atoms with Gasteiger partial charge in [0.15, 0.2) is 0 Å². The summed E-state index contributed by atoms with van der Waals surface area (Å²) in [4.78, 5) is 10.6. The van der Waals surface area contributed by atoms with E-state index in [9.17, 15) is 13.2 Å². The van der Waals surface area contributed by atoms with Crippen molar-refractivity contribution < 1.29 is 22.1 Å². The average Bonchev–Trinajstić information content (AvgIpc) is 2.47. The predicted octanol–water partition coefficient (Wildman–Crippen LogP) is 2.46. The van der Waals surface area contributed by atoms with Gasteiger partial charge in [0.2, 0.25) is 0 Å². The first-order valence-electron chi connectivity index (χ1n) is 6.63. The molecule has 6 heteroatoms. The van der Waals surface area contributed by atoms with E-state index in [2.05, 4.69) is 0 Å². The fourth-order valence-corrected chi connectivity index (χ4v) is 2.31. The maximum atomic E-state index is 11.1.